The second-order valence-corrected chi connectivity index (χ2v) is 5.82. The first-order valence-electron chi connectivity index (χ1n) is 7.47. The van der Waals surface area contributed by atoms with Gasteiger partial charge >= 0.3 is 5.97 Å². The number of carbonyl (C=O) groups excluding carboxylic acids is 1. The van der Waals surface area contributed by atoms with Gasteiger partial charge in [0, 0.05) is 38.6 Å². The molecule has 114 valence electrons. The van der Waals surface area contributed by atoms with Gasteiger partial charge in [-0.1, -0.05) is 0 Å². The molecule has 6 nitrogen and oxygen atoms in total. The molecule has 0 unspecified atom stereocenters. The highest BCUT2D eigenvalue weighted by Crippen LogP contribution is 2.26. The molecule has 1 heterocycles. The quantitative estimate of drug-likeness (QED) is 0.768. The first kappa shape index (κ1) is 15.3. The molecular weight excluding hydrogens is 260 g/mol. The van der Waals surface area contributed by atoms with Gasteiger partial charge in [-0.2, -0.15) is 0 Å². The van der Waals surface area contributed by atoms with Crippen LogP contribution in [0.15, 0.2) is 0 Å². The average molecular weight is 284 g/mol. The molecule has 0 radical (unpaired) electrons. The van der Waals surface area contributed by atoms with Crippen molar-refractivity contribution in [1.82, 2.24) is 9.80 Å². The van der Waals surface area contributed by atoms with Crippen LogP contribution in [0.3, 0.4) is 0 Å². The van der Waals surface area contributed by atoms with E-state index in [4.69, 9.17) is 5.11 Å². The molecule has 1 amide bonds. The number of hydrogen-bond acceptors (Lipinski definition) is 4. The first-order chi connectivity index (χ1) is 9.56. The predicted octanol–water partition coefficient (Wildman–Crippen LogP) is 0.156. The SMILES string of the molecule is O=C(O)CCN1CCN(C(=O)C2CCC(O)CC2)CC1. The summed E-state index contributed by atoms with van der Waals surface area (Å²) in [6.45, 7) is 3.46. The number of aliphatic carboxylic acids is 1. The van der Waals surface area contributed by atoms with Crippen LogP contribution < -0.4 is 0 Å². The number of piperazine rings is 1. The Morgan fingerprint density at radius 1 is 1.00 bits per heavy atom. The molecule has 1 saturated heterocycles. The minimum Gasteiger partial charge on any atom is -0.481 e. The van der Waals surface area contributed by atoms with E-state index in [1.165, 1.54) is 0 Å². The van der Waals surface area contributed by atoms with Gasteiger partial charge in [0.25, 0.3) is 0 Å². The number of rotatable bonds is 4. The van der Waals surface area contributed by atoms with Crippen LogP contribution in [0.4, 0.5) is 0 Å². The molecule has 20 heavy (non-hydrogen) atoms. The smallest absolute Gasteiger partial charge is 0.304 e. The highest BCUT2D eigenvalue weighted by atomic mass is 16.4. The summed E-state index contributed by atoms with van der Waals surface area (Å²) in [7, 11) is 0. The van der Waals surface area contributed by atoms with Gasteiger partial charge in [-0.25, -0.2) is 0 Å². The van der Waals surface area contributed by atoms with Gasteiger partial charge in [0.1, 0.15) is 0 Å². The van der Waals surface area contributed by atoms with E-state index < -0.39 is 5.97 Å². The molecule has 0 bridgehead atoms. The Morgan fingerprint density at radius 2 is 1.60 bits per heavy atom. The fourth-order valence-corrected chi connectivity index (χ4v) is 3.03. The third-order valence-corrected chi connectivity index (χ3v) is 4.37. The summed E-state index contributed by atoms with van der Waals surface area (Å²) in [5.41, 5.74) is 0. The Morgan fingerprint density at radius 3 is 2.15 bits per heavy atom. The van der Waals surface area contributed by atoms with Gasteiger partial charge in [0.15, 0.2) is 0 Å². The van der Waals surface area contributed by atoms with Crippen LogP contribution in [0, 0.1) is 5.92 Å². The Hall–Kier alpha value is -1.14. The van der Waals surface area contributed by atoms with Crippen molar-refractivity contribution in [3.63, 3.8) is 0 Å². The fraction of sp³-hybridized carbons (Fsp3) is 0.857. The number of nitrogens with zero attached hydrogens (tertiary/aromatic N) is 2. The zero-order valence-electron chi connectivity index (χ0n) is 11.8. The van der Waals surface area contributed by atoms with Gasteiger partial charge in [0.05, 0.1) is 12.5 Å². The molecule has 0 aromatic carbocycles. The zero-order chi connectivity index (χ0) is 14.5. The van der Waals surface area contributed by atoms with Crippen LogP contribution in [0.1, 0.15) is 32.1 Å². The molecule has 1 aliphatic heterocycles. The molecular formula is C14H24N2O4. The molecule has 1 aliphatic carbocycles. The summed E-state index contributed by atoms with van der Waals surface area (Å²) >= 11 is 0. The summed E-state index contributed by atoms with van der Waals surface area (Å²) < 4.78 is 0. The molecule has 0 spiro atoms. The standard InChI is InChI=1S/C14H24N2O4/c17-12-3-1-11(2-4-12)14(20)16-9-7-15(8-10-16)6-5-13(18)19/h11-12,17H,1-10H2,(H,18,19). The lowest BCUT2D eigenvalue weighted by atomic mass is 9.86. The van der Waals surface area contributed by atoms with Crippen molar-refractivity contribution >= 4 is 11.9 Å². The largest absolute Gasteiger partial charge is 0.481 e. The maximum Gasteiger partial charge on any atom is 0.304 e. The van der Waals surface area contributed by atoms with Crippen molar-refractivity contribution in [2.24, 2.45) is 5.92 Å². The molecule has 0 atom stereocenters. The van der Waals surface area contributed by atoms with E-state index in [2.05, 4.69) is 4.90 Å². The van der Waals surface area contributed by atoms with Crippen molar-refractivity contribution in [2.45, 2.75) is 38.2 Å². The summed E-state index contributed by atoms with van der Waals surface area (Å²) in [6.07, 6.45) is 2.98. The zero-order valence-corrected chi connectivity index (χ0v) is 11.8. The Balaban J connectivity index is 1.73. The first-order valence-corrected chi connectivity index (χ1v) is 7.47. The number of carboxylic acid groups (broad SMARTS) is 1. The van der Waals surface area contributed by atoms with Crippen molar-refractivity contribution in [1.29, 1.82) is 0 Å². The fourth-order valence-electron chi connectivity index (χ4n) is 3.03. The molecule has 2 fully saturated rings. The summed E-state index contributed by atoms with van der Waals surface area (Å²) in [5, 5.41) is 18.1. The summed E-state index contributed by atoms with van der Waals surface area (Å²) in [4.78, 5) is 26.9. The second kappa shape index (κ2) is 7.04. The number of amides is 1. The van der Waals surface area contributed by atoms with E-state index in [9.17, 15) is 14.7 Å². The molecule has 2 N–H and O–H groups in total. The molecule has 2 rings (SSSR count). The van der Waals surface area contributed by atoms with E-state index in [1.807, 2.05) is 4.90 Å². The highest BCUT2D eigenvalue weighted by Gasteiger charge is 2.30. The van der Waals surface area contributed by atoms with Crippen molar-refractivity contribution in [3.05, 3.63) is 0 Å². The van der Waals surface area contributed by atoms with Crippen LogP contribution in [0.2, 0.25) is 0 Å². The van der Waals surface area contributed by atoms with Crippen LogP contribution >= 0.6 is 0 Å². The lowest BCUT2D eigenvalue weighted by molar-refractivity contribution is -0.140. The molecule has 0 aromatic heterocycles. The van der Waals surface area contributed by atoms with Gasteiger partial charge in [-0.15, -0.1) is 0 Å². The Bertz CT molecular complexity index is 345. The summed E-state index contributed by atoms with van der Waals surface area (Å²) in [5.74, 6) is -0.483. The second-order valence-electron chi connectivity index (χ2n) is 5.82. The van der Waals surface area contributed by atoms with Gasteiger partial charge in [-0.05, 0) is 25.7 Å². The predicted molar refractivity (Wildman–Crippen MR) is 73.2 cm³/mol. The molecule has 6 heteroatoms. The van der Waals surface area contributed by atoms with Crippen LogP contribution in [-0.4, -0.2) is 70.7 Å². The number of aliphatic hydroxyl groups is 1. The number of carboxylic acids is 1. The number of hydrogen-bond donors (Lipinski definition) is 2. The van der Waals surface area contributed by atoms with Crippen molar-refractivity contribution in [3.8, 4) is 0 Å². The van der Waals surface area contributed by atoms with Gasteiger partial charge in [0.2, 0.25) is 5.91 Å². The van der Waals surface area contributed by atoms with Gasteiger partial charge in [-0.3, -0.25) is 14.5 Å². The summed E-state index contributed by atoms with van der Waals surface area (Å²) in [6, 6.07) is 0. The topological polar surface area (TPSA) is 81.1 Å². The minimum atomic E-state index is -0.774. The molecule has 0 aromatic rings. The van der Waals surface area contributed by atoms with E-state index in [0.717, 1.165) is 38.8 Å². The van der Waals surface area contributed by atoms with Crippen molar-refractivity contribution < 1.29 is 19.8 Å². The van der Waals surface area contributed by atoms with E-state index in [1.54, 1.807) is 0 Å². The normalized spacial score (nSPS) is 28.4. The Kier molecular flexibility index (Phi) is 5.37. The maximum atomic E-state index is 12.4. The molecule has 1 saturated carbocycles. The van der Waals surface area contributed by atoms with Crippen LogP contribution in [0.5, 0.6) is 0 Å². The van der Waals surface area contributed by atoms with Crippen molar-refractivity contribution in [2.75, 3.05) is 32.7 Å². The minimum absolute atomic E-state index is 0.0731. The van der Waals surface area contributed by atoms with E-state index in [0.29, 0.717) is 19.6 Å². The average Bonchev–Trinajstić information content (AvgIpc) is 2.46. The lowest BCUT2D eigenvalue weighted by Crippen LogP contribution is -2.51. The monoisotopic (exact) mass is 284 g/mol. The van der Waals surface area contributed by atoms with Gasteiger partial charge < -0.3 is 15.1 Å². The highest BCUT2D eigenvalue weighted by molar-refractivity contribution is 5.79. The lowest BCUT2D eigenvalue weighted by Gasteiger charge is -2.37. The third kappa shape index (κ3) is 4.18. The third-order valence-electron chi connectivity index (χ3n) is 4.37. The molecule has 2 aliphatic rings. The maximum absolute atomic E-state index is 12.4. The van der Waals surface area contributed by atoms with Crippen LogP contribution in [-0.2, 0) is 9.59 Å². The van der Waals surface area contributed by atoms with Crippen LogP contribution in [0.25, 0.3) is 0 Å². The Labute approximate surface area is 119 Å². The number of carbonyl (C=O) groups is 2. The van der Waals surface area contributed by atoms with E-state index >= 15 is 0 Å². The number of aliphatic hydroxyl groups excluding tert-OH is 1. The van der Waals surface area contributed by atoms with E-state index in [-0.39, 0.29) is 24.3 Å².